The van der Waals surface area contributed by atoms with Crippen LogP contribution in [0.15, 0.2) is 29.0 Å². The molecule has 3 heterocycles. The Hall–Kier alpha value is -1.17. The maximum atomic E-state index is 11.5. The van der Waals surface area contributed by atoms with Crippen LogP contribution in [0.1, 0.15) is 21.4 Å². The van der Waals surface area contributed by atoms with E-state index < -0.39 is 12.0 Å². The highest BCUT2D eigenvalue weighted by Crippen LogP contribution is 2.34. The quantitative estimate of drug-likeness (QED) is 0.939. The molecule has 94 valence electrons. The molecule has 0 radical (unpaired) electrons. The molecule has 0 fully saturated rings. The van der Waals surface area contributed by atoms with Gasteiger partial charge in [0, 0.05) is 22.8 Å². The van der Waals surface area contributed by atoms with Gasteiger partial charge in [-0.3, -0.25) is 9.69 Å². The van der Waals surface area contributed by atoms with E-state index in [1.165, 1.54) is 9.75 Å². The molecule has 3 nitrogen and oxygen atoms in total. The molecular weight excluding hydrogens is 266 g/mol. The van der Waals surface area contributed by atoms with Gasteiger partial charge in [0.1, 0.15) is 6.04 Å². The standard InChI is InChI=1S/C13H13NO2S2/c15-13(16)12-10-4-7-18-11(10)3-5-14(12)8-9-2-1-6-17-9/h1-2,4,6-7,12H,3,5,8H2,(H,15,16). The maximum Gasteiger partial charge on any atom is 0.325 e. The second kappa shape index (κ2) is 4.84. The van der Waals surface area contributed by atoms with Crippen LogP contribution in [0.5, 0.6) is 0 Å². The summed E-state index contributed by atoms with van der Waals surface area (Å²) in [6, 6.07) is 5.55. The summed E-state index contributed by atoms with van der Waals surface area (Å²) >= 11 is 3.35. The second-order valence-corrected chi connectivity index (χ2v) is 6.37. The topological polar surface area (TPSA) is 40.5 Å². The molecule has 5 heteroatoms. The van der Waals surface area contributed by atoms with Gasteiger partial charge in [0.15, 0.2) is 0 Å². The predicted octanol–water partition coefficient (Wildman–Crippen LogP) is 2.99. The van der Waals surface area contributed by atoms with Crippen LogP contribution in [-0.2, 0) is 17.8 Å². The van der Waals surface area contributed by atoms with E-state index >= 15 is 0 Å². The molecule has 1 unspecified atom stereocenters. The first-order valence-electron chi connectivity index (χ1n) is 5.81. The van der Waals surface area contributed by atoms with E-state index in [-0.39, 0.29) is 0 Å². The summed E-state index contributed by atoms with van der Waals surface area (Å²) in [4.78, 5) is 16.0. The second-order valence-electron chi connectivity index (χ2n) is 4.34. The van der Waals surface area contributed by atoms with Crippen molar-refractivity contribution in [1.29, 1.82) is 0 Å². The maximum absolute atomic E-state index is 11.5. The molecule has 0 saturated carbocycles. The molecule has 1 atom stereocenters. The van der Waals surface area contributed by atoms with Gasteiger partial charge in [0.25, 0.3) is 0 Å². The van der Waals surface area contributed by atoms with Crippen LogP contribution in [0.2, 0.25) is 0 Å². The number of fused-ring (bicyclic) bond motifs is 1. The van der Waals surface area contributed by atoms with Crippen molar-refractivity contribution in [3.05, 3.63) is 44.3 Å². The van der Waals surface area contributed by atoms with Gasteiger partial charge in [0.2, 0.25) is 0 Å². The van der Waals surface area contributed by atoms with Gasteiger partial charge in [-0.25, -0.2) is 0 Å². The number of hydrogen-bond donors (Lipinski definition) is 1. The number of carboxylic acid groups (broad SMARTS) is 1. The van der Waals surface area contributed by atoms with Gasteiger partial charge in [-0.1, -0.05) is 6.07 Å². The third-order valence-corrected chi connectivity index (χ3v) is 5.10. The lowest BCUT2D eigenvalue weighted by Gasteiger charge is -2.32. The van der Waals surface area contributed by atoms with Gasteiger partial charge in [-0.05, 0) is 34.9 Å². The van der Waals surface area contributed by atoms with Crippen molar-refractivity contribution in [2.75, 3.05) is 6.54 Å². The number of thiophene rings is 2. The zero-order valence-electron chi connectivity index (χ0n) is 9.70. The highest BCUT2D eigenvalue weighted by atomic mass is 32.1. The monoisotopic (exact) mass is 279 g/mol. The largest absolute Gasteiger partial charge is 0.480 e. The highest BCUT2D eigenvalue weighted by molar-refractivity contribution is 7.10. The molecule has 0 amide bonds. The fraction of sp³-hybridized carbons (Fsp3) is 0.308. The smallest absolute Gasteiger partial charge is 0.325 e. The van der Waals surface area contributed by atoms with Crippen LogP contribution < -0.4 is 0 Å². The molecule has 18 heavy (non-hydrogen) atoms. The Morgan fingerprint density at radius 2 is 2.28 bits per heavy atom. The summed E-state index contributed by atoms with van der Waals surface area (Å²) in [6.45, 7) is 1.55. The summed E-state index contributed by atoms with van der Waals surface area (Å²) in [6.07, 6.45) is 0.960. The Morgan fingerprint density at radius 1 is 1.39 bits per heavy atom. The molecule has 2 aromatic heterocycles. The Morgan fingerprint density at radius 3 is 3.00 bits per heavy atom. The van der Waals surface area contributed by atoms with Crippen molar-refractivity contribution in [2.45, 2.75) is 19.0 Å². The molecule has 1 aliphatic rings. The summed E-state index contributed by atoms with van der Waals surface area (Å²) in [5, 5.41) is 13.5. The van der Waals surface area contributed by atoms with Crippen LogP contribution in [0.4, 0.5) is 0 Å². The average molecular weight is 279 g/mol. The first kappa shape index (κ1) is 11.9. The lowest BCUT2D eigenvalue weighted by molar-refractivity contribution is -0.144. The first-order chi connectivity index (χ1) is 8.75. The molecule has 0 aliphatic carbocycles. The Balaban J connectivity index is 1.89. The van der Waals surface area contributed by atoms with E-state index in [4.69, 9.17) is 0 Å². The van der Waals surface area contributed by atoms with Crippen molar-refractivity contribution in [3.8, 4) is 0 Å². The zero-order chi connectivity index (χ0) is 12.5. The lowest BCUT2D eigenvalue weighted by Crippen LogP contribution is -2.38. The molecule has 2 aromatic rings. The average Bonchev–Trinajstić information content (AvgIpc) is 2.98. The lowest BCUT2D eigenvalue weighted by atomic mass is 10.00. The van der Waals surface area contributed by atoms with Crippen LogP contribution in [0, 0.1) is 0 Å². The van der Waals surface area contributed by atoms with E-state index in [1.807, 2.05) is 22.9 Å². The first-order valence-corrected chi connectivity index (χ1v) is 7.57. The normalized spacial score (nSPS) is 19.7. The summed E-state index contributed by atoms with van der Waals surface area (Å²) < 4.78 is 0. The fourth-order valence-electron chi connectivity index (χ4n) is 2.43. The van der Waals surface area contributed by atoms with Crippen LogP contribution in [0.3, 0.4) is 0 Å². The minimum atomic E-state index is -0.745. The minimum absolute atomic E-state index is 0.484. The van der Waals surface area contributed by atoms with Crippen molar-refractivity contribution in [1.82, 2.24) is 4.90 Å². The van der Waals surface area contributed by atoms with E-state index in [1.54, 1.807) is 22.7 Å². The van der Waals surface area contributed by atoms with Gasteiger partial charge in [-0.2, -0.15) is 0 Å². The van der Waals surface area contributed by atoms with E-state index in [0.29, 0.717) is 0 Å². The molecule has 0 spiro atoms. The van der Waals surface area contributed by atoms with E-state index in [9.17, 15) is 9.90 Å². The van der Waals surface area contributed by atoms with Crippen molar-refractivity contribution < 1.29 is 9.90 Å². The van der Waals surface area contributed by atoms with Gasteiger partial charge in [-0.15, -0.1) is 22.7 Å². The zero-order valence-corrected chi connectivity index (χ0v) is 11.3. The van der Waals surface area contributed by atoms with Crippen LogP contribution in [0.25, 0.3) is 0 Å². The van der Waals surface area contributed by atoms with Crippen molar-refractivity contribution >= 4 is 28.6 Å². The Kier molecular flexibility index (Phi) is 3.20. The third kappa shape index (κ3) is 2.09. The number of nitrogens with zero attached hydrogens (tertiary/aromatic N) is 1. The predicted molar refractivity (Wildman–Crippen MR) is 73.1 cm³/mol. The van der Waals surface area contributed by atoms with Crippen molar-refractivity contribution in [3.63, 3.8) is 0 Å². The highest BCUT2D eigenvalue weighted by Gasteiger charge is 2.33. The number of aliphatic carboxylic acids is 1. The number of carboxylic acids is 1. The van der Waals surface area contributed by atoms with Gasteiger partial charge < -0.3 is 5.11 Å². The van der Waals surface area contributed by atoms with Crippen molar-refractivity contribution in [2.24, 2.45) is 0 Å². The molecule has 0 saturated heterocycles. The molecule has 0 aromatic carbocycles. The molecule has 0 bridgehead atoms. The minimum Gasteiger partial charge on any atom is -0.480 e. The molecular formula is C13H13NO2S2. The summed E-state index contributed by atoms with van der Waals surface area (Å²) in [5.41, 5.74) is 0.982. The fourth-order valence-corrected chi connectivity index (χ4v) is 4.06. The van der Waals surface area contributed by atoms with Gasteiger partial charge >= 0.3 is 5.97 Å². The van der Waals surface area contributed by atoms with Crippen LogP contribution >= 0.6 is 22.7 Å². The Bertz CT molecular complexity index is 547. The van der Waals surface area contributed by atoms with Gasteiger partial charge in [0.05, 0.1) is 0 Å². The third-order valence-electron chi connectivity index (χ3n) is 3.24. The molecule has 1 N–H and O–H groups in total. The molecule has 3 rings (SSSR count). The molecule has 1 aliphatic heterocycles. The summed E-state index contributed by atoms with van der Waals surface area (Å²) in [7, 11) is 0. The SMILES string of the molecule is O=C(O)C1c2ccsc2CCN1Cc1cccs1. The summed E-state index contributed by atoms with van der Waals surface area (Å²) in [5.74, 6) is -0.745. The van der Waals surface area contributed by atoms with Crippen LogP contribution in [-0.4, -0.2) is 22.5 Å². The number of rotatable bonds is 3. The number of hydrogen-bond acceptors (Lipinski definition) is 4. The van der Waals surface area contributed by atoms with E-state index in [2.05, 4.69) is 11.0 Å². The number of carbonyl (C=O) groups is 1. The van der Waals surface area contributed by atoms with E-state index in [0.717, 1.165) is 25.1 Å². The Labute approximate surface area is 113 Å².